The molecule has 0 aliphatic carbocycles. The van der Waals surface area contributed by atoms with E-state index in [0.29, 0.717) is 39.7 Å². The van der Waals surface area contributed by atoms with Crippen molar-refractivity contribution in [3.63, 3.8) is 0 Å². The van der Waals surface area contributed by atoms with E-state index in [1.54, 1.807) is 70.6 Å². The molecule has 1 N–H and O–H groups in total. The van der Waals surface area contributed by atoms with Gasteiger partial charge in [-0.1, -0.05) is 24.3 Å². The number of pyridine rings is 1. The summed E-state index contributed by atoms with van der Waals surface area (Å²) in [5.41, 5.74) is 1.89. The summed E-state index contributed by atoms with van der Waals surface area (Å²) in [5.74, 6) is 0.348. The second-order valence-corrected chi connectivity index (χ2v) is 7.84. The molecule has 3 aromatic rings. The molecule has 0 bridgehead atoms. The molecule has 9 heteroatoms. The molecule has 34 heavy (non-hydrogen) atoms. The van der Waals surface area contributed by atoms with Crippen molar-refractivity contribution in [1.82, 2.24) is 9.88 Å². The molecule has 172 valence electrons. The third kappa shape index (κ3) is 3.33. The lowest BCUT2D eigenvalue weighted by Gasteiger charge is -2.40. The maximum Gasteiger partial charge on any atom is 0.264 e. The van der Waals surface area contributed by atoms with E-state index in [4.69, 9.17) is 9.47 Å². The average molecular weight is 458 g/mol. The first-order valence-corrected chi connectivity index (χ1v) is 10.7. The third-order valence-corrected chi connectivity index (χ3v) is 6.00. The molecule has 5 rings (SSSR count). The fourth-order valence-electron chi connectivity index (χ4n) is 4.52. The number of aromatic nitrogens is 1. The Kier molecular flexibility index (Phi) is 5.37. The van der Waals surface area contributed by atoms with E-state index in [-0.39, 0.29) is 30.7 Å². The number of nitrogens with one attached hydrogen (secondary N) is 1. The number of nitrogens with zero attached hydrogens (tertiary/aromatic N) is 3. The molecular weight excluding hydrogens is 436 g/mol. The summed E-state index contributed by atoms with van der Waals surface area (Å²) in [7, 11) is 2.98. The van der Waals surface area contributed by atoms with Gasteiger partial charge in [-0.3, -0.25) is 19.3 Å². The predicted octanol–water partition coefficient (Wildman–Crippen LogP) is 3.24. The van der Waals surface area contributed by atoms with Crippen molar-refractivity contribution >= 4 is 29.2 Å². The first-order valence-electron chi connectivity index (χ1n) is 10.7. The fourth-order valence-corrected chi connectivity index (χ4v) is 4.52. The Morgan fingerprint density at radius 2 is 1.79 bits per heavy atom. The quantitative estimate of drug-likeness (QED) is 0.609. The van der Waals surface area contributed by atoms with Crippen LogP contribution in [0.2, 0.25) is 0 Å². The third-order valence-electron chi connectivity index (χ3n) is 6.00. The first-order chi connectivity index (χ1) is 16.5. The summed E-state index contributed by atoms with van der Waals surface area (Å²) in [4.78, 5) is 47.0. The smallest absolute Gasteiger partial charge is 0.264 e. The second-order valence-electron chi connectivity index (χ2n) is 7.84. The summed E-state index contributed by atoms with van der Waals surface area (Å²) >= 11 is 0. The van der Waals surface area contributed by atoms with Crippen LogP contribution in [0.15, 0.2) is 60.8 Å². The fraction of sp³-hybridized carbons (Fsp3) is 0.200. The highest BCUT2D eigenvalue weighted by Crippen LogP contribution is 2.49. The van der Waals surface area contributed by atoms with Crippen LogP contribution in [0.1, 0.15) is 38.9 Å². The Labute approximate surface area is 195 Å². The first kappa shape index (κ1) is 21.4. The van der Waals surface area contributed by atoms with Gasteiger partial charge in [0.1, 0.15) is 12.0 Å². The predicted molar refractivity (Wildman–Crippen MR) is 124 cm³/mol. The zero-order valence-electron chi connectivity index (χ0n) is 18.6. The zero-order chi connectivity index (χ0) is 23.8. The van der Waals surface area contributed by atoms with Crippen LogP contribution in [0.3, 0.4) is 0 Å². The number of hydrogen-bond donors (Lipinski definition) is 1. The highest BCUT2D eigenvalue weighted by atomic mass is 16.5. The van der Waals surface area contributed by atoms with Crippen molar-refractivity contribution in [2.24, 2.45) is 0 Å². The van der Waals surface area contributed by atoms with E-state index in [9.17, 15) is 14.4 Å². The number of carbonyl (C=O) groups excluding carboxylic acids is 3. The van der Waals surface area contributed by atoms with Crippen molar-refractivity contribution in [1.29, 1.82) is 0 Å². The minimum atomic E-state index is -0.702. The lowest BCUT2D eigenvalue weighted by Crippen LogP contribution is -2.49. The zero-order valence-corrected chi connectivity index (χ0v) is 18.6. The van der Waals surface area contributed by atoms with Crippen LogP contribution in [0.25, 0.3) is 0 Å². The van der Waals surface area contributed by atoms with Crippen molar-refractivity contribution in [2.75, 3.05) is 31.0 Å². The summed E-state index contributed by atoms with van der Waals surface area (Å²) in [6, 6.07) is 15.7. The maximum absolute atomic E-state index is 13.6. The van der Waals surface area contributed by atoms with Gasteiger partial charge in [0.05, 0.1) is 31.0 Å². The Hall–Kier alpha value is -4.40. The molecule has 3 amide bonds. The summed E-state index contributed by atoms with van der Waals surface area (Å²) < 4.78 is 10.9. The van der Waals surface area contributed by atoms with E-state index in [2.05, 4.69) is 10.3 Å². The Morgan fingerprint density at radius 1 is 1.00 bits per heavy atom. The molecule has 0 spiro atoms. The van der Waals surface area contributed by atoms with Gasteiger partial charge in [0.15, 0.2) is 11.5 Å². The largest absolute Gasteiger partial charge is 0.493 e. The van der Waals surface area contributed by atoms with E-state index < -0.39 is 6.17 Å². The lowest BCUT2D eigenvalue weighted by atomic mass is 10.0. The standard InChI is InChI=1S/C25H22N4O5/c1-33-18-11-10-16-21(22(18)34-2)25(32)29-17-8-4-3-7-15(17)24(31)28(23(16)29)14-12-20(30)27-19-9-5-6-13-26-19/h3-11,13,23H,12,14H2,1-2H3,(H,26,27,30)/t23-/m0/s1. The number of methoxy groups -OCH3 is 2. The topological polar surface area (TPSA) is 101 Å². The van der Waals surface area contributed by atoms with Gasteiger partial charge < -0.3 is 19.7 Å². The van der Waals surface area contributed by atoms with Crippen LogP contribution in [0, 0.1) is 0 Å². The number of benzene rings is 2. The number of amides is 3. The molecule has 0 saturated carbocycles. The number of carbonyl (C=O) groups is 3. The monoisotopic (exact) mass is 458 g/mol. The van der Waals surface area contributed by atoms with Gasteiger partial charge in [0, 0.05) is 24.7 Å². The van der Waals surface area contributed by atoms with Gasteiger partial charge in [-0.25, -0.2) is 4.98 Å². The number of hydrogen-bond acceptors (Lipinski definition) is 6. The van der Waals surface area contributed by atoms with Crippen LogP contribution in [0.5, 0.6) is 11.5 Å². The van der Waals surface area contributed by atoms with Crippen molar-refractivity contribution in [3.8, 4) is 11.5 Å². The van der Waals surface area contributed by atoms with Gasteiger partial charge in [-0.15, -0.1) is 0 Å². The molecule has 2 aliphatic heterocycles. The molecule has 0 fully saturated rings. The summed E-state index contributed by atoms with van der Waals surface area (Å²) in [6.45, 7) is 0.105. The molecule has 0 saturated heterocycles. The van der Waals surface area contributed by atoms with E-state index in [1.165, 1.54) is 14.2 Å². The van der Waals surface area contributed by atoms with Crippen LogP contribution in [-0.4, -0.2) is 48.4 Å². The number of anilines is 2. The highest BCUT2D eigenvalue weighted by molar-refractivity contribution is 6.18. The van der Waals surface area contributed by atoms with Crippen LogP contribution < -0.4 is 19.7 Å². The van der Waals surface area contributed by atoms with Gasteiger partial charge in [0.2, 0.25) is 5.91 Å². The van der Waals surface area contributed by atoms with Crippen LogP contribution in [0.4, 0.5) is 11.5 Å². The SMILES string of the molecule is COc1ccc2c(c1OC)C(=O)N1c3ccccc3C(=O)N(CCC(=O)Nc3ccccn3)[C@H]21. The molecule has 2 aliphatic rings. The number of rotatable bonds is 6. The van der Waals surface area contributed by atoms with E-state index in [1.807, 2.05) is 0 Å². The molecular formula is C25H22N4O5. The van der Waals surface area contributed by atoms with Gasteiger partial charge in [-0.2, -0.15) is 0 Å². The molecule has 0 unspecified atom stereocenters. The molecule has 1 atom stereocenters. The van der Waals surface area contributed by atoms with E-state index in [0.717, 1.165) is 0 Å². The molecule has 1 aromatic heterocycles. The van der Waals surface area contributed by atoms with Crippen molar-refractivity contribution in [3.05, 3.63) is 77.5 Å². The van der Waals surface area contributed by atoms with Crippen molar-refractivity contribution in [2.45, 2.75) is 12.6 Å². The summed E-state index contributed by atoms with van der Waals surface area (Å²) in [6.07, 6.45) is 0.916. The molecule has 2 aromatic carbocycles. The Morgan fingerprint density at radius 3 is 2.53 bits per heavy atom. The number of ether oxygens (including phenoxy) is 2. The van der Waals surface area contributed by atoms with Crippen LogP contribution in [-0.2, 0) is 4.79 Å². The Bertz CT molecular complexity index is 1290. The number of para-hydroxylation sites is 1. The Balaban J connectivity index is 1.53. The minimum Gasteiger partial charge on any atom is -0.493 e. The molecule has 3 heterocycles. The average Bonchev–Trinajstić information content (AvgIpc) is 3.16. The van der Waals surface area contributed by atoms with Crippen molar-refractivity contribution < 1.29 is 23.9 Å². The second kappa shape index (κ2) is 8.51. The maximum atomic E-state index is 13.6. The van der Waals surface area contributed by atoms with Crippen LogP contribution >= 0.6 is 0 Å². The number of fused-ring (bicyclic) bond motifs is 5. The summed E-state index contributed by atoms with van der Waals surface area (Å²) in [5, 5.41) is 2.73. The minimum absolute atomic E-state index is 0.0334. The van der Waals surface area contributed by atoms with Gasteiger partial charge >= 0.3 is 0 Å². The normalized spacial score (nSPS) is 16.0. The lowest BCUT2D eigenvalue weighted by molar-refractivity contribution is -0.116. The van der Waals surface area contributed by atoms with Gasteiger partial charge in [-0.05, 0) is 30.3 Å². The molecule has 0 radical (unpaired) electrons. The molecule has 9 nitrogen and oxygen atoms in total. The van der Waals surface area contributed by atoms with E-state index >= 15 is 0 Å². The highest BCUT2D eigenvalue weighted by Gasteiger charge is 2.49. The van der Waals surface area contributed by atoms with Gasteiger partial charge in [0.25, 0.3) is 11.8 Å².